The lowest BCUT2D eigenvalue weighted by Gasteiger charge is -2.37. The van der Waals surface area contributed by atoms with Crippen molar-refractivity contribution >= 4 is 11.4 Å². The molecule has 0 spiro atoms. The predicted molar refractivity (Wildman–Crippen MR) is 114 cm³/mol. The van der Waals surface area contributed by atoms with Gasteiger partial charge in [-0.25, -0.2) is 0 Å². The Morgan fingerprint density at radius 1 is 0.885 bits per heavy atom. The first kappa shape index (κ1) is 19.3. The Morgan fingerprint density at radius 3 is 2.15 bits per heavy atom. The highest BCUT2D eigenvalue weighted by Crippen LogP contribution is 2.42. The Balaban J connectivity index is 1.31. The van der Waals surface area contributed by atoms with Crippen LogP contribution in [-0.2, 0) is 6.42 Å². The lowest BCUT2D eigenvalue weighted by atomic mass is 9.68. The second-order valence-corrected chi connectivity index (χ2v) is 8.90. The third-order valence-corrected chi connectivity index (χ3v) is 7.19. The number of allylic oxidation sites excluding steroid dienone is 1. The Labute approximate surface area is 160 Å². The molecule has 0 atom stereocenters. The summed E-state index contributed by atoms with van der Waals surface area (Å²) in [6.07, 6.45) is 18.9. The fraction of sp³-hybridized carbons (Fsp3) is 0.667. The van der Waals surface area contributed by atoms with E-state index in [2.05, 4.69) is 18.7 Å². The van der Waals surface area contributed by atoms with E-state index in [-0.39, 0.29) is 0 Å². The molecule has 4 N–H and O–H groups in total. The molecule has 2 nitrogen and oxygen atoms in total. The van der Waals surface area contributed by atoms with Gasteiger partial charge in [-0.2, -0.15) is 0 Å². The number of nitrogen functional groups attached to an aromatic ring is 2. The van der Waals surface area contributed by atoms with E-state index in [4.69, 9.17) is 11.5 Å². The third kappa shape index (κ3) is 5.28. The molecule has 26 heavy (non-hydrogen) atoms. The normalized spacial score (nSPS) is 29.4. The average molecular weight is 355 g/mol. The molecule has 1 aromatic carbocycles. The third-order valence-electron chi connectivity index (χ3n) is 7.19. The van der Waals surface area contributed by atoms with Gasteiger partial charge in [0.05, 0.1) is 0 Å². The van der Waals surface area contributed by atoms with Crippen LogP contribution >= 0.6 is 0 Å². The van der Waals surface area contributed by atoms with Gasteiger partial charge in [0.1, 0.15) is 0 Å². The molecule has 0 unspecified atom stereocenters. The van der Waals surface area contributed by atoms with Crippen molar-refractivity contribution < 1.29 is 0 Å². The summed E-state index contributed by atoms with van der Waals surface area (Å²) in [5.41, 5.74) is 14.7. The van der Waals surface area contributed by atoms with Crippen LogP contribution in [0.1, 0.15) is 76.2 Å². The number of unbranched alkanes of at least 4 members (excludes halogenated alkanes) is 1. The second-order valence-electron chi connectivity index (χ2n) is 8.90. The Hall–Kier alpha value is -1.44. The Morgan fingerprint density at radius 2 is 1.54 bits per heavy atom. The molecule has 0 bridgehead atoms. The van der Waals surface area contributed by atoms with E-state index < -0.39 is 0 Å². The summed E-state index contributed by atoms with van der Waals surface area (Å²) in [6.45, 7) is 3.98. The largest absolute Gasteiger partial charge is 0.399 e. The van der Waals surface area contributed by atoms with Crippen LogP contribution in [-0.4, -0.2) is 0 Å². The van der Waals surface area contributed by atoms with E-state index in [0.29, 0.717) is 0 Å². The van der Waals surface area contributed by atoms with Crippen LogP contribution in [0, 0.1) is 23.7 Å². The molecular formula is C24H38N2. The maximum absolute atomic E-state index is 6.06. The van der Waals surface area contributed by atoms with E-state index in [1.54, 1.807) is 0 Å². The van der Waals surface area contributed by atoms with Gasteiger partial charge in [0.2, 0.25) is 0 Å². The van der Waals surface area contributed by atoms with Gasteiger partial charge in [-0.15, -0.1) is 6.58 Å². The van der Waals surface area contributed by atoms with Crippen LogP contribution in [0.2, 0.25) is 0 Å². The molecule has 2 heteroatoms. The molecule has 2 fully saturated rings. The SMILES string of the molecule is C=CC1CCC(C2CCC(CCCCc3ccc(N)cc3N)CC2)CC1. The molecule has 144 valence electrons. The van der Waals surface area contributed by atoms with Crippen molar-refractivity contribution in [1.29, 1.82) is 0 Å². The van der Waals surface area contributed by atoms with Gasteiger partial charge >= 0.3 is 0 Å². The number of aryl methyl sites for hydroxylation is 1. The first-order valence-corrected chi connectivity index (χ1v) is 10.9. The molecule has 0 amide bonds. The summed E-state index contributed by atoms with van der Waals surface area (Å²) >= 11 is 0. The van der Waals surface area contributed by atoms with E-state index in [1.165, 1.54) is 76.2 Å². The van der Waals surface area contributed by atoms with Crippen LogP contribution in [0.3, 0.4) is 0 Å². The molecule has 0 heterocycles. The highest BCUT2D eigenvalue weighted by Gasteiger charge is 2.29. The summed E-state index contributed by atoms with van der Waals surface area (Å²) in [7, 11) is 0. The number of rotatable bonds is 7. The first-order chi connectivity index (χ1) is 12.7. The van der Waals surface area contributed by atoms with E-state index in [9.17, 15) is 0 Å². The highest BCUT2D eigenvalue weighted by atomic mass is 14.6. The van der Waals surface area contributed by atoms with E-state index in [1.807, 2.05) is 12.1 Å². The van der Waals surface area contributed by atoms with Gasteiger partial charge in [-0.3, -0.25) is 0 Å². The maximum atomic E-state index is 6.06. The summed E-state index contributed by atoms with van der Waals surface area (Å²) in [6, 6.07) is 5.95. The number of nitrogens with two attached hydrogens (primary N) is 2. The fourth-order valence-corrected chi connectivity index (χ4v) is 5.39. The smallest absolute Gasteiger partial charge is 0.0367 e. The van der Waals surface area contributed by atoms with Crippen molar-refractivity contribution in [3.8, 4) is 0 Å². The summed E-state index contributed by atoms with van der Waals surface area (Å²) < 4.78 is 0. The monoisotopic (exact) mass is 354 g/mol. The molecule has 2 aliphatic carbocycles. The molecule has 3 rings (SSSR count). The van der Waals surface area contributed by atoms with Gasteiger partial charge in [0.25, 0.3) is 0 Å². The van der Waals surface area contributed by atoms with Gasteiger partial charge in [-0.1, -0.05) is 37.8 Å². The van der Waals surface area contributed by atoms with Crippen LogP contribution < -0.4 is 11.5 Å². The number of anilines is 2. The summed E-state index contributed by atoms with van der Waals surface area (Å²) in [4.78, 5) is 0. The molecule has 2 saturated carbocycles. The minimum atomic E-state index is 0.765. The predicted octanol–water partition coefficient (Wildman–Crippen LogP) is 6.36. The first-order valence-electron chi connectivity index (χ1n) is 10.9. The standard InChI is InChI=1S/C24H38N2/c1-2-18-7-11-20(12-8-18)21-13-9-19(10-14-21)5-3-4-6-22-15-16-23(25)17-24(22)26/h2,15-21H,1,3-14,25-26H2. The molecule has 1 aromatic rings. The van der Waals surface area contributed by atoms with Crippen LogP contribution in [0.5, 0.6) is 0 Å². The summed E-state index contributed by atoms with van der Waals surface area (Å²) in [5, 5.41) is 0. The highest BCUT2D eigenvalue weighted by molar-refractivity contribution is 5.56. The van der Waals surface area contributed by atoms with Gasteiger partial charge in [0, 0.05) is 11.4 Å². The summed E-state index contributed by atoms with van der Waals surface area (Å²) in [5.74, 6) is 3.81. The van der Waals surface area contributed by atoms with Gasteiger partial charge in [0.15, 0.2) is 0 Å². The van der Waals surface area contributed by atoms with Crippen LogP contribution in [0.25, 0.3) is 0 Å². The topological polar surface area (TPSA) is 52.0 Å². The Kier molecular flexibility index (Phi) is 7.05. The van der Waals surface area contributed by atoms with E-state index in [0.717, 1.165) is 41.5 Å². The zero-order valence-electron chi connectivity index (χ0n) is 16.5. The maximum Gasteiger partial charge on any atom is 0.0367 e. The number of benzene rings is 1. The minimum Gasteiger partial charge on any atom is -0.399 e. The molecule has 0 saturated heterocycles. The van der Waals surface area contributed by atoms with E-state index >= 15 is 0 Å². The lowest BCUT2D eigenvalue weighted by Crippen LogP contribution is -2.25. The number of hydrogen-bond donors (Lipinski definition) is 2. The number of hydrogen-bond acceptors (Lipinski definition) is 2. The molecule has 2 aliphatic rings. The molecular weight excluding hydrogens is 316 g/mol. The van der Waals surface area contributed by atoms with Crippen molar-refractivity contribution in [2.45, 2.75) is 77.0 Å². The zero-order chi connectivity index (χ0) is 18.4. The van der Waals surface area contributed by atoms with Crippen LogP contribution in [0.4, 0.5) is 11.4 Å². The van der Waals surface area contributed by atoms with Gasteiger partial charge < -0.3 is 11.5 Å². The Bertz CT molecular complexity index is 564. The van der Waals surface area contributed by atoms with Crippen molar-refractivity contribution in [3.05, 3.63) is 36.4 Å². The average Bonchev–Trinajstić information content (AvgIpc) is 2.67. The zero-order valence-corrected chi connectivity index (χ0v) is 16.5. The quantitative estimate of drug-likeness (QED) is 0.340. The van der Waals surface area contributed by atoms with Crippen molar-refractivity contribution in [3.63, 3.8) is 0 Å². The minimum absolute atomic E-state index is 0.765. The molecule has 0 radical (unpaired) electrons. The fourth-order valence-electron chi connectivity index (χ4n) is 5.39. The van der Waals surface area contributed by atoms with Gasteiger partial charge in [-0.05, 0) is 92.7 Å². The lowest BCUT2D eigenvalue weighted by molar-refractivity contribution is 0.151. The van der Waals surface area contributed by atoms with Crippen molar-refractivity contribution in [2.75, 3.05) is 11.5 Å². The molecule has 0 aliphatic heterocycles. The van der Waals surface area contributed by atoms with Crippen molar-refractivity contribution in [1.82, 2.24) is 0 Å². The second kappa shape index (κ2) is 9.48. The van der Waals surface area contributed by atoms with Crippen molar-refractivity contribution in [2.24, 2.45) is 23.7 Å². The van der Waals surface area contributed by atoms with Crippen LogP contribution in [0.15, 0.2) is 30.9 Å². The molecule has 0 aromatic heterocycles.